The maximum atomic E-state index is 12.2. The summed E-state index contributed by atoms with van der Waals surface area (Å²) >= 11 is 0. The van der Waals surface area contributed by atoms with Gasteiger partial charge in [0.15, 0.2) is 5.65 Å². The topological polar surface area (TPSA) is 90.6 Å². The van der Waals surface area contributed by atoms with Gasteiger partial charge in [-0.25, -0.2) is 0 Å². The summed E-state index contributed by atoms with van der Waals surface area (Å²) < 4.78 is 1.60. The van der Waals surface area contributed by atoms with Crippen molar-refractivity contribution in [2.45, 2.75) is 18.3 Å². The van der Waals surface area contributed by atoms with Crippen molar-refractivity contribution in [1.82, 2.24) is 19.7 Å². The zero-order valence-corrected chi connectivity index (χ0v) is 13.9. The van der Waals surface area contributed by atoms with Gasteiger partial charge in [-0.1, -0.05) is 30.3 Å². The summed E-state index contributed by atoms with van der Waals surface area (Å²) in [6.45, 7) is 1.32. The van der Waals surface area contributed by atoms with Gasteiger partial charge >= 0.3 is 0 Å². The molecule has 0 aliphatic carbocycles. The van der Waals surface area contributed by atoms with Crippen LogP contribution in [0.2, 0.25) is 0 Å². The van der Waals surface area contributed by atoms with Crippen molar-refractivity contribution >= 4 is 17.0 Å². The molecule has 126 valence electrons. The van der Waals surface area contributed by atoms with Crippen molar-refractivity contribution in [1.29, 1.82) is 5.26 Å². The highest BCUT2D eigenvalue weighted by Gasteiger charge is 2.37. The van der Waals surface area contributed by atoms with E-state index in [1.165, 1.54) is 6.20 Å². The first-order chi connectivity index (χ1) is 12.1. The Hall–Kier alpha value is -3.14. The predicted molar refractivity (Wildman–Crippen MR) is 94.3 cm³/mol. The highest BCUT2D eigenvalue weighted by Crippen LogP contribution is 2.35. The van der Waals surface area contributed by atoms with Gasteiger partial charge in [0.2, 0.25) is 5.95 Å². The molecule has 0 spiro atoms. The SMILES string of the molecule is Cn1ncc2c(=O)[nH]c(N3CCC(C#N)(c4ccccc4)CC3)nc21. The Balaban J connectivity index is 1.63. The molecule has 1 aliphatic rings. The summed E-state index contributed by atoms with van der Waals surface area (Å²) in [7, 11) is 1.77. The van der Waals surface area contributed by atoms with Crippen LogP contribution in [0.5, 0.6) is 0 Å². The number of aromatic amines is 1. The molecule has 1 fully saturated rings. The quantitative estimate of drug-likeness (QED) is 0.770. The van der Waals surface area contributed by atoms with E-state index in [0.717, 1.165) is 5.56 Å². The smallest absolute Gasteiger partial charge is 0.263 e. The minimum Gasteiger partial charge on any atom is -0.342 e. The second-order valence-electron chi connectivity index (χ2n) is 6.44. The molecule has 25 heavy (non-hydrogen) atoms. The van der Waals surface area contributed by atoms with Crippen LogP contribution in [0.3, 0.4) is 0 Å². The van der Waals surface area contributed by atoms with Crippen molar-refractivity contribution in [3.8, 4) is 6.07 Å². The molecule has 1 aromatic carbocycles. The van der Waals surface area contributed by atoms with E-state index >= 15 is 0 Å². The van der Waals surface area contributed by atoms with Gasteiger partial charge in [0.05, 0.1) is 17.7 Å². The Morgan fingerprint density at radius 1 is 1.24 bits per heavy atom. The highest BCUT2D eigenvalue weighted by atomic mass is 16.1. The van der Waals surface area contributed by atoms with E-state index in [9.17, 15) is 10.1 Å². The molecular formula is C18H18N6O. The molecule has 1 saturated heterocycles. The molecular weight excluding hydrogens is 316 g/mol. The summed E-state index contributed by atoms with van der Waals surface area (Å²) in [5.41, 5.74) is 0.960. The lowest BCUT2D eigenvalue weighted by atomic mass is 9.74. The van der Waals surface area contributed by atoms with Crippen molar-refractivity contribution in [3.05, 3.63) is 52.4 Å². The first kappa shape index (κ1) is 15.4. The van der Waals surface area contributed by atoms with Gasteiger partial charge in [0.1, 0.15) is 5.39 Å². The highest BCUT2D eigenvalue weighted by molar-refractivity contribution is 5.74. The first-order valence-corrected chi connectivity index (χ1v) is 8.27. The number of piperidine rings is 1. The van der Waals surface area contributed by atoms with Gasteiger partial charge in [0, 0.05) is 20.1 Å². The zero-order valence-electron chi connectivity index (χ0n) is 13.9. The summed E-state index contributed by atoms with van der Waals surface area (Å²) in [5, 5.41) is 14.4. The minimum absolute atomic E-state index is 0.187. The molecule has 7 heteroatoms. The number of hydrogen-bond acceptors (Lipinski definition) is 5. The fraction of sp³-hybridized carbons (Fsp3) is 0.333. The third-order valence-corrected chi connectivity index (χ3v) is 5.05. The summed E-state index contributed by atoms with van der Waals surface area (Å²) in [6.07, 6.45) is 2.92. The van der Waals surface area contributed by atoms with Crippen LogP contribution < -0.4 is 10.5 Å². The lowest BCUT2D eigenvalue weighted by molar-refractivity contribution is 0.412. The average molecular weight is 334 g/mol. The maximum absolute atomic E-state index is 12.2. The van der Waals surface area contributed by atoms with Crippen LogP contribution in [0, 0.1) is 11.3 Å². The van der Waals surface area contributed by atoms with Gasteiger partial charge in [-0.3, -0.25) is 14.5 Å². The summed E-state index contributed by atoms with van der Waals surface area (Å²) in [5.74, 6) is 0.542. The number of aryl methyl sites for hydroxylation is 1. The van der Waals surface area contributed by atoms with Gasteiger partial charge in [-0.05, 0) is 18.4 Å². The standard InChI is InChI=1S/C18H18N6O/c1-23-15-14(11-20-23)16(25)22-17(21-15)24-9-7-18(12-19,8-10-24)13-5-3-2-4-6-13/h2-6,11H,7-10H2,1H3,(H,21,22,25). The van der Waals surface area contributed by atoms with E-state index in [-0.39, 0.29) is 5.56 Å². The van der Waals surface area contributed by atoms with Crippen LogP contribution in [0.25, 0.3) is 11.0 Å². The van der Waals surface area contributed by atoms with Gasteiger partial charge in [-0.15, -0.1) is 0 Å². The molecule has 3 heterocycles. The number of aromatic nitrogens is 4. The van der Waals surface area contributed by atoms with E-state index in [2.05, 4.69) is 21.1 Å². The molecule has 0 amide bonds. The monoisotopic (exact) mass is 334 g/mol. The first-order valence-electron chi connectivity index (χ1n) is 8.27. The fourth-order valence-corrected chi connectivity index (χ4v) is 3.49. The number of H-pyrrole nitrogens is 1. The molecule has 0 radical (unpaired) electrons. The van der Waals surface area contributed by atoms with E-state index in [1.807, 2.05) is 35.2 Å². The number of nitrogens with zero attached hydrogens (tertiary/aromatic N) is 5. The van der Waals surface area contributed by atoms with Crippen molar-refractivity contribution in [2.24, 2.45) is 7.05 Å². The molecule has 0 unspecified atom stereocenters. The number of nitriles is 1. The number of anilines is 1. The van der Waals surface area contributed by atoms with Crippen LogP contribution in [0.15, 0.2) is 41.3 Å². The number of hydrogen-bond donors (Lipinski definition) is 1. The van der Waals surface area contributed by atoms with E-state index in [0.29, 0.717) is 42.9 Å². The zero-order chi connectivity index (χ0) is 17.4. The van der Waals surface area contributed by atoms with Gasteiger partial charge in [0.25, 0.3) is 5.56 Å². The second-order valence-corrected chi connectivity index (χ2v) is 6.44. The lowest BCUT2D eigenvalue weighted by Crippen LogP contribution is -2.43. The van der Waals surface area contributed by atoms with Crippen LogP contribution in [0.4, 0.5) is 5.95 Å². The number of benzene rings is 1. The molecule has 1 aliphatic heterocycles. The molecule has 4 rings (SSSR count). The number of rotatable bonds is 2. The predicted octanol–water partition coefficient (Wildman–Crippen LogP) is 1.72. The molecule has 7 nitrogen and oxygen atoms in total. The van der Waals surface area contributed by atoms with Crippen LogP contribution in [0.1, 0.15) is 18.4 Å². The van der Waals surface area contributed by atoms with E-state index in [4.69, 9.17) is 0 Å². The Labute approximate surface area is 144 Å². The Morgan fingerprint density at radius 3 is 2.64 bits per heavy atom. The number of fused-ring (bicyclic) bond motifs is 1. The lowest BCUT2D eigenvalue weighted by Gasteiger charge is -2.37. The summed E-state index contributed by atoms with van der Waals surface area (Å²) in [4.78, 5) is 21.7. The number of nitrogens with one attached hydrogen (secondary N) is 1. The van der Waals surface area contributed by atoms with Crippen molar-refractivity contribution < 1.29 is 0 Å². The fourth-order valence-electron chi connectivity index (χ4n) is 3.49. The van der Waals surface area contributed by atoms with Gasteiger partial charge < -0.3 is 4.90 Å². The van der Waals surface area contributed by atoms with Crippen LogP contribution in [-0.2, 0) is 12.5 Å². The van der Waals surface area contributed by atoms with E-state index < -0.39 is 5.41 Å². The summed E-state index contributed by atoms with van der Waals surface area (Å²) in [6, 6.07) is 12.4. The molecule has 1 N–H and O–H groups in total. The Bertz CT molecular complexity index is 1010. The third kappa shape index (κ3) is 2.47. The molecule has 0 bridgehead atoms. The molecule has 0 atom stereocenters. The van der Waals surface area contributed by atoms with Gasteiger partial charge in [-0.2, -0.15) is 15.3 Å². The van der Waals surface area contributed by atoms with Crippen molar-refractivity contribution in [2.75, 3.05) is 18.0 Å². The minimum atomic E-state index is -0.477. The average Bonchev–Trinajstić information content (AvgIpc) is 3.04. The normalized spacial score (nSPS) is 16.7. The van der Waals surface area contributed by atoms with Crippen LogP contribution >= 0.6 is 0 Å². The maximum Gasteiger partial charge on any atom is 0.263 e. The van der Waals surface area contributed by atoms with E-state index in [1.54, 1.807) is 11.7 Å². The third-order valence-electron chi connectivity index (χ3n) is 5.05. The molecule has 2 aromatic heterocycles. The van der Waals surface area contributed by atoms with Crippen LogP contribution in [-0.4, -0.2) is 32.8 Å². The Kier molecular flexibility index (Phi) is 3.53. The Morgan fingerprint density at radius 2 is 1.96 bits per heavy atom. The molecule has 3 aromatic rings. The largest absolute Gasteiger partial charge is 0.342 e. The second kappa shape index (κ2) is 5.74. The molecule has 0 saturated carbocycles. The van der Waals surface area contributed by atoms with Crippen molar-refractivity contribution in [3.63, 3.8) is 0 Å².